The summed E-state index contributed by atoms with van der Waals surface area (Å²) in [5, 5.41) is 8.49. The van der Waals surface area contributed by atoms with Crippen LogP contribution in [0.3, 0.4) is 0 Å². The highest BCUT2D eigenvalue weighted by Crippen LogP contribution is 2.00. The highest BCUT2D eigenvalue weighted by molar-refractivity contribution is 5.13. The van der Waals surface area contributed by atoms with Crippen LogP contribution in [-0.4, -0.2) is 31.5 Å². The normalized spacial score (nSPS) is 10.6. The van der Waals surface area contributed by atoms with Gasteiger partial charge in [0.1, 0.15) is 0 Å². The Bertz CT molecular complexity index is 263. The fourth-order valence-electron chi connectivity index (χ4n) is 1.23. The van der Waals surface area contributed by atoms with Crippen LogP contribution in [0.25, 0.3) is 0 Å². The fraction of sp³-hybridized carbons (Fsp3) is 0.538. The van der Waals surface area contributed by atoms with E-state index in [9.17, 15) is 0 Å². The van der Waals surface area contributed by atoms with Crippen LogP contribution in [0.2, 0.25) is 0 Å². The number of rotatable bonds is 10. The molecule has 17 heavy (non-hydrogen) atoms. The number of hydrogen-bond donors (Lipinski definition) is 1. The molecule has 0 saturated carbocycles. The topological polar surface area (TPSA) is 47.9 Å². The van der Waals surface area contributed by atoms with Crippen LogP contribution >= 0.6 is 0 Å². The fourth-order valence-corrected chi connectivity index (χ4v) is 1.23. The molecule has 0 atom stereocenters. The Labute approximate surface area is 102 Å². The van der Waals surface area contributed by atoms with Gasteiger partial charge in [-0.15, -0.1) is 0 Å². The Morgan fingerprint density at radius 1 is 0.882 bits per heavy atom. The average molecular weight is 240 g/mol. The number of aliphatic hydroxyl groups excluding tert-OH is 1. The quantitative estimate of drug-likeness (QED) is 0.385. The number of benzene rings is 1. The third-order valence-corrected chi connectivity index (χ3v) is 2.10. The van der Waals surface area contributed by atoms with E-state index in [1.54, 1.807) is 0 Å². The number of ether oxygens (including phenoxy) is 1. The molecule has 0 saturated heterocycles. The van der Waals surface area contributed by atoms with Crippen molar-refractivity contribution < 1.29 is 19.6 Å². The molecule has 0 fully saturated rings. The van der Waals surface area contributed by atoms with Crippen molar-refractivity contribution in [3.63, 3.8) is 0 Å². The number of aliphatic hydroxyl groups is 1. The second kappa shape index (κ2) is 10.2. The summed E-state index contributed by atoms with van der Waals surface area (Å²) in [5.74, 6) is 0. The van der Waals surface area contributed by atoms with Crippen LogP contribution in [0, 0.1) is 0 Å². The van der Waals surface area contributed by atoms with Crippen molar-refractivity contribution in [2.24, 2.45) is 0 Å². The lowest BCUT2D eigenvalue weighted by atomic mass is 10.2. The summed E-state index contributed by atoms with van der Waals surface area (Å²) >= 11 is 0. The summed E-state index contributed by atoms with van der Waals surface area (Å²) in [6, 6.07) is 10.1. The van der Waals surface area contributed by atoms with Gasteiger partial charge in [0.25, 0.3) is 0 Å². The van der Waals surface area contributed by atoms with Crippen molar-refractivity contribution in [3.8, 4) is 0 Å². The molecule has 0 heterocycles. The first-order chi connectivity index (χ1) is 8.43. The molecule has 4 nitrogen and oxygen atoms in total. The molecule has 96 valence electrons. The molecule has 0 aliphatic rings. The molecule has 1 rings (SSSR count). The predicted molar refractivity (Wildman–Crippen MR) is 64.3 cm³/mol. The van der Waals surface area contributed by atoms with Crippen LogP contribution in [0.1, 0.15) is 18.4 Å². The van der Waals surface area contributed by atoms with Crippen LogP contribution in [0.5, 0.6) is 0 Å². The van der Waals surface area contributed by atoms with Crippen LogP contribution in [0.4, 0.5) is 0 Å². The minimum absolute atomic E-state index is 0.129. The molecule has 0 aliphatic heterocycles. The molecular weight excluding hydrogens is 220 g/mol. The van der Waals surface area contributed by atoms with Crippen molar-refractivity contribution in [1.82, 2.24) is 0 Å². The van der Waals surface area contributed by atoms with E-state index >= 15 is 0 Å². The lowest BCUT2D eigenvalue weighted by molar-refractivity contribution is -0.296. The molecule has 0 unspecified atom stereocenters. The van der Waals surface area contributed by atoms with Crippen molar-refractivity contribution in [1.29, 1.82) is 0 Å². The molecule has 1 N–H and O–H groups in total. The zero-order chi connectivity index (χ0) is 12.2. The Balaban J connectivity index is 1.85. The van der Waals surface area contributed by atoms with Gasteiger partial charge in [-0.1, -0.05) is 30.3 Å². The van der Waals surface area contributed by atoms with E-state index in [0.717, 1.165) is 6.42 Å². The average Bonchev–Trinajstić information content (AvgIpc) is 2.38. The summed E-state index contributed by atoms with van der Waals surface area (Å²) in [6.07, 6.45) is 1.40. The Morgan fingerprint density at radius 3 is 2.29 bits per heavy atom. The maximum Gasteiger partial charge on any atom is 0.0844 e. The zero-order valence-corrected chi connectivity index (χ0v) is 10.0. The second-order valence-electron chi connectivity index (χ2n) is 3.61. The SMILES string of the molecule is OCCCOOCCCOCc1ccccc1. The molecule has 0 aromatic heterocycles. The first-order valence-corrected chi connectivity index (χ1v) is 5.90. The first-order valence-electron chi connectivity index (χ1n) is 5.90. The summed E-state index contributed by atoms with van der Waals surface area (Å²) in [4.78, 5) is 9.72. The zero-order valence-electron chi connectivity index (χ0n) is 10.0. The molecule has 0 aliphatic carbocycles. The van der Waals surface area contributed by atoms with Crippen LogP contribution in [-0.2, 0) is 21.1 Å². The molecule has 4 heteroatoms. The van der Waals surface area contributed by atoms with E-state index in [0.29, 0.717) is 32.8 Å². The first kappa shape index (κ1) is 14.1. The van der Waals surface area contributed by atoms with Crippen molar-refractivity contribution in [2.75, 3.05) is 26.4 Å². The van der Waals surface area contributed by atoms with Gasteiger partial charge in [-0.05, 0) is 18.4 Å². The van der Waals surface area contributed by atoms with E-state index in [1.807, 2.05) is 30.3 Å². The lowest BCUT2D eigenvalue weighted by Gasteiger charge is -2.05. The van der Waals surface area contributed by atoms with Gasteiger partial charge >= 0.3 is 0 Å². The van der Waals surface area contributed by atoms with Crippen molar-refractivity contribution in [2.45, 2.75) is 19.4 Å². The Hall–Kier alpha value is -0.940. The largest absolute Gasteiger partial charge is 0.396 e. The van der Waals surface area contributed by atoms with Gasteiger partial charge in [-0.25, -0.2) is 9.78 Å². The summed E-state index contributed by atoms with van der Waals surface area (Å²) < 4.78 is 5.47. The Kier molecular flexibility index (Phi) is 8.50. The third kappa shape index (κ3) is 7.88. The highest BCUT2D eigenvalue weighted by atomic mass is 17.2. The molecule has 0 amide bonds. The molecule has 1 aromatic rings. The van der Waals surface area contributed by atoms with E-state index in [4.69, 9.17) is 19.6 Å². The third-order valence-electron chi connectivity index (χ3n) is 2.10. The summed E-state index contributed by atoms with van der Waals surface area (Å²) in [6.45, 7) is 2.36. The highest BCUT2D eigenvalue weighted by Gasteiger charge is 1.93. The van der Waals surface area contributed by atoms with Gasteiger partial charge < -0.3 is 9.84 Å². The standard InChI is InChI=1S/C13H20O4/c14-8-4-10-16-17-11-5-9-15-12-13-6-2-1-3-7-13/h1-3,6-7,14H,4-5,8-12H2. The second-order valence-corrected chi connectivity index (χ2v) is 3.61. The van der Waals surface area contributed by atoms with E-state index in [2.05, 4.69) is 0 Å². The predicted octanol–water partition coefficient (Wildman–Crippen LogP) is 1.92. The minimum Gasteiger partial charge on any atom is -0.396 e. The summed E-state index contributed by atoms with van der Waals surface area (Å²) in [7, 11) is 0. The van der Waals surface area contributed by atoms with E-state index in [1.165, 1.54) is 5.56 Å². The van der Waals surface area contributed by atoms with Gasteiger partial charge in [0.05, 0.1) is 19.8 Å². The van der Waals surface area contributed by atoms with Gasteiger partial charge in [0.15, 0.2) is 0 Å². The van der Waals surface area contributed by atoms with E-state index in [-0.39, 0.29) is 6.61 Å². The monoisotopic (exact) mass is 240 g/mol. The summed E-state index contributed by atoms with van der Waals surface area (Å²) in [5.41, 5.74) is 1.17. The Morgan fingerprint density at radius 2 is 1.59 bits per heavy atom. The van der Waals surface area contributed by atoms with Gasteiger partial charge in [0.2, 0.25) is 0 Å². The van der Waals surface area contributed by atoms with Gasteiger partial charge in [0, 0.05) is 13.2 Å². The lowest BCUT2D eigenvalue weighted by Crippen LogP contribution is -2.03. The molecule has 0 bridgehead atoms. The maximum atomic E-state index is 8.49. The van der Waals surface area contributed by atoms with E-state index < -0.39 is 0 Å². The molecule has 1 aromatic carbocycles. The van der Waals surface area contributed by atoms with Crippen molar-refractivity contribution >= 4 is 0 Å². The number of hydrogen-bond acceptors (Lipinski definition) is 4. The maximum absolute atomic E-state index is 8.49. The minimum atomic E-state index is 0.129. The van der Waals surface area contributed by atoms with Crippen LogP contribution in [0.15, 0.2) is 30.3 Å². The molecule has 0 spiro atoms. The van der Waals surface area contributed by atoms with Crippen molar-refractivity contribution in [3.05, 3.63) is 35.9 Å². The van der Waals surface area contributed by atoms with Crippen LogP contribution < -0.4 is 0 Å². The smallest absolute Gasteiger partial charge is 0.0844 e. The van der Waals surface area contributed by atoms with Gasteiger partial charge in [-0.2, -0.15) is 0 Å². The van der Waals surface area contributed by atoms with Gasteiger partial charge in [-0.3, -0.25) is 0 Å². The molecular formula is C13H20O4. The molecule has 0 radical (unpaired) electrons.